The molecule has 7 heteroatoms. The summed E-state index contributed by atoms with van der Waals surface area (Å²) in [4.78, 5) is 9.48. The lowest BCUT2D eigenvalue weighted by Crippen LogP contribution is -2.41. The summed E-state index contributed by atoms with van der Waals surface area (Å²) in [5.41, 5.74) is 0.920. The van der Waals surface area contributed by atoms with Crippen molar-refractivity contribution in [3.63, 3.8) is 0 Å². The third kappa shape index (κ3) is 6.40. The Kier molecular flexibility index (Phi) is 9.64. The van der Waals surface area contributed by atoms with Crippen molar-refractivity contribution in [2.24, 2.45) is 10.9 Å². The fraction of sp³-hybridized carbons (Fsp3) is 0.667. The Labute approximate surface area is 186 Å². The molecule has 1 aromatic carbocycles. The monoisotopic (exact) mass is 502 g/mol. The standard InChI is InChI=1S/C21H34N4O2.HI/c1-22-21(23-10-8-18-6-7-19(27-2)14-20(18)26)25-13-9-17(16-25)15-24-11-4-3-5-12-24;/h6-7,14,17,26H,3-5,8-13,15-16H2,1-2H3,(H,22,23);1H. The second kappa shape index (κ2) is 11.7. The van der Waals surface area contributed by atoms with Gasteiger partial charge in [-0.15, -0.1) is 24.0 Å². The number of halogens is 1. The number of aromatic hydroxyl groups is 1. The first-order chi connectivity index (χ1) is 13.2. The summed E-state index contributed by atoms with van der Waals surface area (Å²) in [6.45, 7) is 6.69. The minimum Gasteiger partial charge on any atom is -0.508 e. The Bertz CT molecular complexity index is 635. The second-order valence-corrected chi connectivity index (χ2v) is 7.68. The summed E-state index contributed by atoms with van der Waals surface area (Å²) in [7, 11) is 3.46. The number of aliphatic imine (C=N–C) groups is 1. The Morgan fingerprint density at radius 2 is 2.04 bits per heavy atom. The van der Waals surface area contributed by atoms with Crippen molar-refractivity contribution in [3.05, 3.63) is 23.8 Å². The van der Waals surface area contributed by atoms with Crippen LogP contribution in [0.2, 0.25) is 0 Å². The van der Waals surface area contributed by atoms with Gasteiger partial charge in [0.1, 0.15) is 11.5 Å². The summed E-state index contributed by atoms with van der Waals surface area (Å²) < 4.78 is 5.14. The first-order valence-corrected chi connectivity index (χ1v) is 10.2. The van der Waals surface area contributed by atoms with Crippen molar-refractivity contribution in [1.82, 2.24) is 15.1 Å². The first kappa shape index (κ1) is 23.1. The number of phenols is 1. The highest BCUT2D eigenvalue weighted by molar-refractivity contribution is 14.0. The van der Waals surface area contributed by atoms with Gasteiger partial charge in [0.05, 0.1) is 7.11 Å². The normalized spacial score (nSPS) is 20.7. The zero-order valence-corrected chi connectivity index (χ0v) is 19.5. The molecule has 2 heterocycles. The van der Waals surface area contributed by atoms with Crippen LogP contribution in [0, 0.1) is 5.92 Å². The molecule has 2 fully saturated rings. The van der Waals surface area contributed by atoms with Crippen molar-refractivity contribution in [3.8, 4) is 11.5 Å². The summed E-state index contributed by atoms with van der Waals surface area (Å²) in [6, 6.07) is 5.47. The van der Waals surface area contributed by atoms with E-state index >= 15 is 0 Å². The zero-order chi connectivity index (χ0) is 19.1. The lowest BCUT2D eigenvalue weighted by Gasteiger charge is -2.29. The van der Waals surface area contributed by atoms with E-state index in [1.165, 1.54) is 45.3 Å². The number of likely N-dealkylation sites (tertiary alicyclic amines) is 2. The molecular weight excluding hydrogens is 467 g/mol. The topological polar surface area (TPSA) is 60.3 Å². The molecule has 0 spiro atoms. The van der Waals surface area contributed by atoms with E-state index in [0.29, 0.717) is 5.75 Å². The van der Waals surface area contributed by atoms with Gasteiger partial charge < -0.3 is 25.0 Å². The fourth-order valence-electron chi connectivity index (χ4n) is 4.20. The summed E-state index contributed by atoms with van der Waals surface area (Å²) in [5.74, 6) is 2.68. The van der Waals surface area contributed by atoms with Crippen LogP contribution in [-0.2, 0) is 6.42 Å². The van der Waals surface area contributed by atoms with Crippen LogP contribution in [0.15, 0.2) is 23.2 Å². The quantitative estimate of drug-likeness (QED) is 0.356. The molecule has 2 saturated heterocycles. The van der Waals surface area contributed by atoms with E-state index in [2.05, 4.69) is 20.1 Å². The van der Waals surface area contributed by atoms with Crippen LogP contribution >= 0.6 is 24.0 Å². The molecule has 28 heavy (non-hydrogen) atoms. The Morgan fingerprint density at radius 3 is 2.71 bits per heavy atom. The second-order valence-electron chi connectivity index (χ2n) is 7.68. The van der Waals surface area contributed by atoms with Crippen molar-refractivity contribution >= 4 is 29.9 Å². The number of nitrogens with zero attached hydrogens (tertiary/aromatic N) is 3. The molecule has 158 valence electrons. The molecule has 1 atom stereocenters. The van der Waals surface area contributed by atoms with E-state index in [1.54, 1.807) is 13.2 Å². The number of piperidine rings is 1. The van der Waals surface area contributed by atoms with E-state index in [4.69, 9.17) is 4.74 Å². The van der Waals surface area contributed by atoms with Crippen LogP contribution in [0.4, 0.5) is 0 Å². The number of benzene rings is 1. The molecular formula is C21H35IN4O2. The van der Waals surface area contributed by atoms with Gasteiger partial charge in [0.25, 0.3) is 0 Å². The fourth-order valence-corrected chi connectivity index (χ4v) is 4.20. The SMILES string of the molecule is CN=C(NCCc1ccc(OC)cc1O)N1CCC(CN2CCCCC2)C1.I. The smallest absolute Gasteiger partial charge is 0.193 e. The van der Waals surface area contributed by atoms with E-state index in [1.807, 2.05) is 19.2 Å². The van der Waals surface area contributed by atoms with Crippen LogP contribution < -0.4 is 10.1 Å². The average molecular weight is 502 g/mol. The molecule has 0 amide bonds. The number of methoxy groups -OCH3 is 1. The van der Waals surface area contributed by atoms with Crippen molar-refractivity contribution < 1.29 is 9.84 Å². The van der Waals surface area contributed by atoms with Crippen molar-refractivity contribution in [1.29, 1.82) is 0 Å². The molecule has 2 aliphatic rings. The molecule has 1 aromatic rings. The predicted molar refractivity (Wildman–Crippen MR) is 125 cm³/mol. The Balaban J connectivity index is 0.00000280. The van der Waals surface area contributed by atoms with Gasteiger partial charge in [-0.25, -0.2) is 0 Å². The average Bonchev–Trinajstić information content (AvgIpc) is 3.15. The number of rotatable bonds is 6. The molecule has 0 bridgehead atoms. The highest BCUT2D eigenvalue weighted by Crippen LogP contribution is 2.24. The summed E-state index contributed by atoms with van der Waals surface area (Å²) in [5, 5.41) is 13.6. The molecule has 2 aliphatic heterocycles. The van der Waals surface area contributed by atoms with E-state index in [-0.39, 0.29) is 29.7 Å². The summed E-state index contributed by atoms with van der Waals surface area (Å²) >= 11 is 0. The number of hydrogen-bond donors (Lipinski definition) is 2. The Morgan fingerprint density at radius 1 is 1.25 bits per heavy atom. The highest BCUT2D eigenvalue weighted by Gasteiger charge is 2.26. The molecule has 0 aliphatic carbocycles. The van der Waals surface area contributed by atoms with Crippen molar-refractivity contribution in [2.45, 2.75) is 32.1 Å². The first-order valence-electron chi connectivity index (χ1n) is 10.2. The third-order valence-electron chi connectivity index (χ3n) is 5.73. The number of ether oxygens (including phenoxy) is 1. The largest absolute Gasteiger partial charge is 0.508 e. The van der Waals surface area contributed by atoms with E-state index < -0.39 is 0 Å². The minimum absolute atomic E-state index is 0. The minimum atomic E-state index is 0. The van der Waals surface area contributed by atoms with Crippen LogP contribution in [0.25, 0.3) is 0 Å². The molecule has 0 saturated carbocycles. The maximum absolute atomic E-state index is 10.1. The van der Waals surface area contributed by atoms with Gasteiger partial charge in [-0.1, -0.05) is 12.5 Å². The van der Waals surface area contributed by atoms with Gasteiger partial charge in [0.2, 0.25) is 0 Å². The van der Waals surface area contributed by atoms with Gasteiger partial charge in [0, 0.05) is 39.3 Å². The number of guanidine groups is 1. The maximum Gasteiger partial charge on any atom is 0.193 e. The number of nitrogens with one attached hydrogen (secondary N) is 1. The number of phenolic OH excluding ortho intramolecular Hbond substituents is 1. The third-order valence-corrected chi connectivity index (χ3v) is 5.73. The van der Waals surface area contributed by atoms with E-state index in [0.717, 1.165) is 43.5 Å². The lowest BCUT2D eigenvalue weighted by atomic mass is 10.1. The molecule has 0 aromatic heterocycles. The zero-order valence-electron chi connectivity index (χ0n) is 17.2. The van der Waals surface area contributed by atoms with Crippen LogP contribution in [0.3, 0.4) is 0 Å². The molecule has 6 nitrogen and oxygen atoms in total. The van der Waals surface area contributed by atoms with Crippen LogP contribution in [0.1, 0.15) is 31.2 Å². The van der Waals surface area contributed by atoms with Crippen LogP contribution in [0.5, 0.6) is 11.5 Å². The highest BCUT2D eigenvalue weighted by atomic mass is 127. The van der Waals surface area contributed by atoms with Gasteiger partial charge in [-0.05, 0) is 56.3 Å². The van der Waals surface area contributed by atoms with Crippen LogP contribution in [-0.4, -0.2) is 74.3 Å². The Hall–Kier alpha value is -1.22. The molecule has 0 radical (unpaired) electrons. The van der Waals surface area contributed by atoms with Gasteiger partial charge in [-0.3, -0.25) is 4.99 Å². The maximum atomic E-state index is 10.1. The van der Waals surface area contributed by atoms with Gasteiger partial charge in [-0.2, -0.15) is 0 Å². The molecule has 1 unspecified atom stereocenters. The lowest BCUT2D eigenvalue weighted by molar-refractivity contribution is 0.198. The van der Waals surface area contributed by atoms with Gasteiger partial charge in [0.15, 0.2) is 5.96 Å². The van der Waals surface area contributed by atoms with Crippen molar-refractivity contribution in [2.75, 3.05) is 53.4 Å². The molecule has 2 N–H and O–H groups in total. The summed E-state index contributed by atoms with van der Waals surface area (Å²) in [6.07, 6.45) is 6.11. The number of hydrogen-bond acceptors (Lipinski definition) is 4. The molecule has 3 rings (SSSR count). The predicted octanol–water partition coefficient (Wildman–Crippen LogP) is 2.94. The van der Waals surface area contributed by atoms with E-state index in [9.17, 15) is 5.11 Å². The van der Waals surface area contributed by atoms with Gasteiger partial charge >= 0.3 is 0 Å².